The Hall–Kier alpha value is -4.12. The van der Waals surface area contributed by atoms with Crippen LogP contribution >= 0.6 is 0 Å². The quantitative estimate of drug-likeness (QED) is 0.414. The van der Waals surface area contributed by atoms with Crippen LogP contribution < -0.4 is 14.8 Å². The molecule has 0 radical (unpaired) electrons. The van der Waals surface area contributed by atoms with Gasteiger partial charge in [0, 0.05) is 19.8 Å². The van der Waals surface area contributed by atoms with Crippen molar-refractivity contribution >= 4 is 17.5 Å². The van der Waals surface area contributed by atoms with E-state index in [1.165, 1.54) is 31.1 Å². The lowest BCUT2D eigenvalue weighted by Crippen LogP contribution is -2.26. The van der Waals surface area contributed by atoms with Crippen molar-refractivity contribution in [2.24, 2.45) is 0 Å². The van der Waals surface area contributed by atoms with Gasteiger partial charge in [-0.25, -0.2) is 15.0 Å². The maximum absolute atomic E-state index is 12.7. The van der Waals surface area contributed by atoms with Crippen molar-refractivity contribution in [1.82, 2.24) is 24.6 Å². The molecule has 11 nitrogen and oxygen atoms in total. The van der Waals surface area contributed by atoms with Gasteiger partial charge in [0.2, 0.25) is 11.8 Å². The fourth-order valence-electron chi connectivity index (χ4n) is 3.08. The van der Waals surface area contributed by atoms with Crippen molar-refractivity contribution in [3.8, 4) is 23.1 Å². The molecule has 0 aliphatic heterocycles. The molecule has 0 bridgehead atoms. The summed E-state index contributed by atoms with van der Waals surface area (Å²) in [5.41, 5.74) is 1.48. The Labute approximate surface area is 183 Å². The smallest absolute Gasteiger partial charge is 0.282 e. The number of hydroxylamine groups is 2. The number of nitrogens with zero attached hydrogens (tertiary/aromatic N) is 5. The standard InChI is InChI=1S/C21H22N6O5/c1-26(31-4)20(28)14-12-23-21(22-11-13-7-8-15(29-2)17(10-13)30-3)27-19(14)24-18(25-27)16-6-5-9-32-16/h5-10,12H,11H2,1-4H3,(H,22,23). The van der Waals surface area contributed by atoms with E-state index in [2.05, 4.69) is 20.4 Å². The topological polar surface area (TPSA) is 116 Å². The molecule has 166 valence electrons. The highest BCUT2D eigenvalue weighted by Gasteiger charge is 2.22. The maximum atomic E-state index is 12.7. The zero-order valence-corrected chi connectivity index (χ0v) is 18.0. The Morgan fingerprint density at radius 1 is 1.19 bits per heavy atom. The molecule has 0 fully saturated rings. The highest BCUT2D eigenvalue weighted by molar-refractivity contribution is 5.99. The SMILES string of the molecule is COc1ccc(CNc2ncc(C(=O)N(C)OC)c3nc(-c4ccco4)nn23)cc1OC. The molecule has 0 aliphatic rings. The van der Waals surface area contributed by atoms with Crippen molar-refractivity contribution in [2.75, 3.05) is 33.7 Å². The number of nitrogens with one attached hydrogen (secondary N) is 1. The van der Waals surface area contributed by atoms with Crippen LogP contribution in [-0.2, 0) is 11.4 Å². The third kappa shape index (κ3) is 3.93. The lowest BCUT2D eigenvalue weighted by atomic mass is 10.2. The zero-order valence-electron chi connectivity index (χ0n) is 18.0. The lowest BCUT2D eigenvalue weighted by molar-refractivity contribution is -0.0756. The van der Waals surface area contributed by atoms with E-state index in [4.69, 9.17) is 18.7 Å². The number of anilines is 1. The first-order valence-corrected chi connectivity index (χ1v) is 9.62. The predicted molar refractivity (Wildman–Crippen MR) is 114 cm³/mol. The van der Waals surface area contributed by atoms with Crippen molar-refractivity contribution in [2.45, 2.75) is 6.54 Å². The van der Waals surface area contributed by atoms with E-state index in [9.17, 15) is 4.79 Å². The number of aromatic nitrogens is 4. The molecule has 0 unspecified atom stereocenters. The van der Waals surface area contributed by atoms with E-state index < -0.39 is 5.91 Å². The van der Waals surface area contributed by atoms with Gasteiger partial charge in [0.05, 0.1) is 27.6 Å². The summed E-state index contributed by atoms with van der Waals surface area (Å²) in [7, 11) is 6.08. The number of amides is 1. The molecule has 1 N–H and O–H groups in total. The number of methoxy groups -OCH3 is 2. The van der Waals surface area contributed by atoms with Crippen LogP contribution in [0.3, 0.4) is 0 Å². The Morgan fingerprint density at radius 3 is 2.69 bits per heavy atom. The molecule has 4 aromatic rings. The molecule has 3 aromatic heterocycles. The minimum atomic E-state index is -0.408. The van der Waals surface area contributed by atoms with Crippen LogP contribution in [0.1, 0.15) is 15.9 Å². The lowest BCUT2D eigenvalue weighted by Gasteiger charge is -2.14. The second-order valence-corrected chi connectivity index (χ2v) is 6.67. The Kier molecular flexibility index (Phi) is 5.90. The number of hydrogen-bond donors (Lipinski definition) is 1. The molecule has 3 heterocycles. The summed E-state index contributed by atoms with van der Waals surface area (Å²) in [4.78, 5) is 26.6. The number of furan rings is 1. The van der Waals surface area contributed by atoms with E-state index >= 15 is 0 Å². The summed E-state index contributed by atoms with van der Waals surface area (Å²) in [6, 6.07) is 9.07. The predicted octanol–water partition coefficient (Wildman–Crippen LogP) is 2.65. The molecule has 0 saturated heterocycles. The number of rotatable bonds is 8. The van der Waals surface area contributed by atoms with Crippen molar-refractivity contribution in [3.63, 3.8) is 0 Å². The summed E-state index contributed by atoms with van der Waals surface area (Å²) in [6.07, 6.45) is 2.96. The number of carbonyl (C=O) groups excluding carboxylic acids is 1. The van der Waals surface area contributed by atoms with Crippen LogP contribution in [0.25, 0.3) is 17.2 Å². The fraction of sp³-hybridized carbons (Fsp3) is 0.238. The number of hydrogen-bond acceptors (Lipinski definition) is 9. The monoisotopic (exact) mass is 438 g/mol. The largest absolute Gasteiger partial charge is 0.493 e. The van der Waals surface area contributed by atoms with Crippen LogP contribution in [0.15, 0.2) is 47.2 Å². The van der Waals surface area contributed by atoms with Crippen LogP contribution in [0.5, 0.6) is 11.5 Å². The number of fused-ring (bicyclic) bond motifs is 1. The first-order valence-electron chi connectivity index (χ1n) is 9.62. The molecular formula is C21H22N6O5. The highest BCUT2D eigenvalue weighted by atomic mass is 16.7. The van der Waals surface area contributed by atoms with Gasteiger partial charge in [-0.05, 0) is 29.8 Å². The molecule has 11 heteroatoms. The van der Waals surface area contributed by atoms with E-state index in [1.54, 1.807) is 26.4 Å². The molecule has 0 saturated carbocycles. The van der Waals surface area contributed by atoms with Gasteiger partial charge in [-0.3, -0.25) is 9.63 Å². The van der Waals surface area contributed by atoms with Gasteiger partial charge in [-0.2, -0.15) is 4.52 Å². The minimum absolute atomic E-state index is 0.233. The molecule has 1 aromatic carbocycles. The van der Waals surface area contributed by atoms with Crippen LogP contribution in [0.4, 0.5) is 5.95 Å². The third-order valence-electron chi connectivity index (χ3n) is 4.80. The van der Waals surface area contributed by atoms with Gasteiger partial charge in [-0.1, -0.05) is 6.07 Å². The van der Waals surface area contributed by atoms with Gasteiger partial charge >= 0.3 is 0 Å². The number of ether oxygens (including phenoxy) is 2. The second kappa shape index (κ2) is 8.94. The molecule has 32 heavy (non-hydrogen) atoms. The first-order chi connectivity index (χ1) is 15.5. The van der Waals surface area contributed by atoms with E-state index in [-0.39, 0.29) is 5.56 Å². The third-order valence-corrected chi connectivity index (χ3v) is 4.80. The van der Waals surface area contributed by atoms with Gasteiger partial charge in [0.1, 0.15) is 5.56 Å². The van der Waals surface area contributed by atoms with Gasteiger partial charge in [0.25, 0.3) is 5.91 Å². The summed E-state index contributed by atoms with van der Waals surface area (Å²) < 4.78 is 17.5. The average molecular weight is 438 g/mol. The Balaban J connectivity index is 1.71. The van der Waals surface area contributed by atoms with E-state index in [0.717, 1.165) is 10.6 Å². The summed E-state index contributed by atoms with van der Waals surface area (Å²) in [5, 5.41) is 8.81. The normalized spacial score (nSPS) is 10.9. The van der Waals surface area contributed by atoms with Crippen molar-refractivity contribution in [1.29, 1.82) is 0 Å². The zero-order chi connectivity index (χ0) is 22.7. The average Bonchev–Trinajstić information content (AvgIpc) is 3.51. The van der Waals surface area contributed by atoms with Gasteiger partial charge in [0.15, 0.2) is 22.9 Å². The molecule has 4 rings (SSSR count). The van der Waals surface area contributed by atoms with E-state index in [0.29, 0.717) is 41.2 Å². The van der Waals surface area contributed by atoms with Crippen LogP contribution in [0, 0.1) is 0 Å². The van der Waals surface area contributed by atoms with Crippen molar-refractivity contribution < 1.29 is 23.5 Å². The highest BCUT2D eigenvalue weighted by Crippen LogP contribution is 2.28. The first kappa shape index (κ1) is 21.1. The van der Waals surface area contributed by atoms with Gasteiger partial charge < -0.3 is 19.2 Å². The Bertz CT molecular complexity index is 1240. The number of benzene rings is 1. The minimum Gasteiger partial charge on any atom is -0.493 e. The molecular weight excluding hydrogens is 416 g/mol. The van der Waals surface area contributed by atoms with Crippen molar-refractivity contribution in [3.05, 3.63) is 53.9 Å². The van der Waals surface area contributed by atoms with E-state index in [1.807, 2.05) is 18.2 Å². The van der Waals surface area contributed by atoms with Crippen LogP contribution in [-0.4, -0.2) is 58.9 Å². The molecule has 0 spiro atoms. The molecule has 0 atom stereocenters. The van der Waals surface area contributed by atoms with Crippen LogP contribution in [0.2, 0.25) is 0 Å². The van der Waals surface area contributed by atoms with Gasteiger partial charge in [-0.15, -0.1) is 5.10 Å². The summed E-state index contributed by atoms with van der Waals surface area (Å²) >= 11 is 0. The number of carbonyl (C=O) groups is 1. The molecule has 0 aliphatic carbocycles. The summed E-state index contributed by atoms with van der Waals surface area (Å²) in [5.74, 6) is 2.05. The summed E-state index contributed by atoms with van der Waals surface area (Å²) in [6.45, 7) is 0.420. The maximum Gasteiger partial charge on any atom is 0.282 e. The molecule has 1 amide bonds. The second-order valence-electron chi connectivity index (χ2n) is 6.67. The fourth-order valence-corrected chi connectivity index (χ4v) is 3.08. The Morgan fingerprint density at radius 2 is 2.00 bits per heavy atom.